The summed E-state index contributed by atoms with van der Waals surface area (Å²) >= 11 is 0. The summed E-state index contributed by atoms with van der Waals surface area (Å²) in [7, 11) is 0. The number of nitrogens with two attached hydrogens (primary N) is 2. The van der Waals surface area contributed by atoms with Crippen LogP contribution in [0.15, 0.2) is 0 Å². The molecule has 0 radical (unpaired) electrons. The molecule has 0 aliphatic carbocycles. The normalized spacial score (nSPS) is 16.8. The van der Waals surface area contributed by atoms with E-state index in [2.05, 4.69) is 0 Å². The van der Waals surface area contributed by atoms with Crippen LogP contribution in [0.3, 0.4) is 0 Å². The van der Waals surface area contributed by atoms with E-state index in [0.717, 1.165) is 12.8 Å². The molecule has 0 aliphatic rings. The van der Waals surface area contributed by atoms with Crippen LogP contribution in [0, 0.1) is 0 Å². The summed E-state index contributed by atoms with van der Waals surface area (Å²) in [4.78, 5) is 0. The molecule has 0 bridgehead atoms. The third kappa shape index (κ3) is 4.73. The predicted octanol–water partition coefficient (Wildman–Crippen LogP) is -0.176. The van der Waals surface area contributed by atoms with E-state index in [9.17, 15) is 0 Å². The van der Waals surface area contributed by atoms with Gasteiger partial charge >= 0.3 is 0 Å². The van der Waals surface area contributed by atoms with Gasteiger partial charge in [-0.1, -0.05) is 6.92 Å². The topological polar surface area (TPSA) is 72.3 Å². The predicted molar refractivity (Wildman–Crippen MR) is 42.6 cm³/mol. The van der Waals surface area contributed by atoms with Crippen molar-refractivity contribution in [2.45, 2.75) is 38.3 Å². The summed E-state index contributed by atoms with van der Waals surface area (Å²) in [5, 5.41) is 8.50. The van der Waals surface area contributed by atoms with Gasteiger partial charge in [0.25, 0.3) is 0 Å². The Hall–Kier alpha value is -0.120. The fourth-order valence-corrected chi connectivity index (χ4v) is 0.839. The molecule has 0 aromatic heterocycles. The van der Waals surface area contributed by atoms with Crippen LogP contribution in [-0.4, -0.2) is 23.8 Å². The van der Waals surface area contributed by atoms with Gasteiger partial charge in [-0.25, -0.2) is 0 Å². The van der Waals surface area contributed by atoms with Crippen molar-refractivity contribution in [3.05, 3.63) is 0 Å². The van der Waals surface area contributed by atoms with Crippen molar-refractivity contribution in [1.82, 2.24) is 0 Å². The van der Waals surface area contributed by atoms with E-state index in [1.165, 1.54) is 0 Å². The second kappa shape index (κ2) is 5.65. The summed E-state index contributed by atoms with van der Waals surface area (Å²) in [6.07, 6.45) is 2.43. The molecule has 0 heterocycles. The van der Waals surface area contributed by atoms with E-state index < -0.39 is 0 Å². The zero-order valence-corrected chi connectivity index (χ0v) is 6.59. The number of aliphatic hydroxyl groups excluding tert-OH is 1. The average molecular weight is 146 g/mol. The fourth-order valence-electron chi connectivity index (χ4n) is 0.839. The van der Waals surface area contributed by atoms with E-state index in [1.807, 2.05) is 6.92 Å². The van der Waals surface area contributed by atoms with Crippen molar-refractivity contribution in [2.75, 3.05) is 6.61 Å². The standard InChI is InChI=1S/C7H18N2O/c1-2-6(8)5-7(9)3-4-10/h6-7,10H,2-5,8-9H2,1H3. The molecule has 0 saturated heterocycles. The second-order valence-electron chi connectivity index (χ2n) is 2.68. The van der Waals surface area contributed by atoms with Crippen LogP contribution >= 0.6 is 0 Å². The SMILES string of the molecule is CCC(N)CC(N)CCO. The third-order valence-electron chi connectivity index (χ3n) is 1.63. The van der Waals surface area contributed by atoms with Gasteiger partial charge < -0.3 is 16.6 Å². The molecule has 10 heavy (non-hydrogen) atoms. The Labute approximate surface area is 62.4 Å². The van der Waals surface area contributed by atoms with Crippen molar-refractivity contribution < 1.29 is 5.11 Å². The molecule has 0 aliphatic heterocycles. The molecule has 2 atom stereocenters. The Balaban J connectivity index is 3.27. The summed E-state index contributed by atoms with van der Waals surface area (Å²) in [5.74, 6) is 0. The lowest BCUT2D eigenvalue weighted by Crippen LogP contribution is -2.31. The molecular weight excluding hydrogens is 128 g/mol. The van der Waals surface area contributed by atoms with E-state index in [0.29, 0.717) is 6.42 Å². The number of rotatable bonds is 5. The van der Waals surface area contributed by atoms with E-state index in [1.54, 1.807) is 0 Å². The van der Waals surface area contributed by atoms with Crippen LogP contribution in [0.4, 0.5) is 0 Å². The molecule has 0 saturated carbocycles. The maximum absolute atomic E-state index is 8.50. The molecule has 0 aromatic rings. The number of hydrogen-bond donors (Lipinski definition) is 3. The molecule has 3 heteroatoms. The maximum Gasteiger partial charge on any atom is 0.0445 e. The first-order valence-corrected chi connectivity index (χ1v) is 3.82. The largest absolute Gasteiger partial charge is 0.396 e. The van der Waals surface area contributed by atoms with E-state index in [-0.39, 0.29) is 18.7 Å². The van der Waals surface area contributed by atoms with Crippen molar-refractivity contribution in [3.8, 4) is 0 Å². The Morgan fingerprint density at radius 1 is 1.30 bits per heavy atom. The molecule has 0 amide bonds. The molecule has 2 unspecified atom stereocenters. The van der Waals surface area contributed by atoms with Crippen LogP contribution in [-0.2, 0) is 0 Å². The first-order valence-electron chi connectivity index (χ1n) is 3.82. The lowest BCUT2D eigenvalue weighted by molar-refractivity contribution is 0.270. The van der Waals surface area contributed by atoms with Gasteiger partial charge in [-0.3, -0.25) is 0 Å². The fraction of sp³-hybridized carbons (Fsp3) is 1.00. The van der Waals surface area contributed by atoms with Gasteiger partial charge in [0, 0.05) is 18.7 Å². The highest BCUT2D eigenvalue weighted by molar-refractivity contribution is 4.68. The van der Waals surface area contributed by atoms with Crippen LogP contribution in [0.2, 0.25) is 0 Å². The lowest BCUT2D eigenvalue weighted by atomic mass is 10.0. The molecule has 0 rings (SSSR count). The van der Waals surface area contributed by atoms with Crippen molar-refractivity contribution in [1.29, 1.82) is 0 Å². The first-order chi connectivity index (χ1) is 4.70. The maximum atomic E-state index is 8.50. The average Bonchev–Trinajstić information content (AvgIpc) is 1.88. The van der Waals surface area contributed by atoms with Crippen LogP contribution in [0.25, 0.3) is 0 Å². The van der Waals surface area contributed by atoms with Gasteiger partial charge in [0.15, 0.2) is 0 Å². The van der Waals surface area contributed by atoms with Gasteiger partial charge in [0.2, 0.25) is 0 Å². The first kappa shape index (κ1) is 9.88. The van der Waals surface area contributed by atoms with Crippen molar-refractivity contribution >= 4 is 0 Å². The van der Waals surface area contributed by atoms with E-state index in [4.69, 9.17) is 16.6 Å². The molecule has 62 valence electrons. The van der Waals surface area contributed by atoms with E-state index >= 15 is 0 Å². The van der Waals surface area contributed by atoms with Crippen LogP contribution < -0.4 is 11.5 Å². The zero-order chi connectivity index (χ0) is 7.98. The summed E-state index contributed by atoms with van der Waals surface area (Å²) in [6.45, 7) is 2.20. The quantitative estimate of drug-likeness (QED) is 0.504. The third-order valence-corrected chi connectivity index (χ3v) is 1.63. The molecule has 5 N–H and O–H groups in total. The van der Waals surface area contributed by atoms with Crippen molar-refractivity contribution in [2.24, 2.45) is 11.5 Å². The monoisotopic (exact) mass is 146 g/mol. The van der Waals surface area contributed by atoms with Crippen LogP contribution in [0.5, 0.6) is 0 Å². The Morgan fingerprint density at radius 2 is 1.90 bits per heavy atom. The van der Waals surface area contributed by atoms with Gasteiger partial charge in [0.05, 0.1) is 0 Å². The Bertz CT molecular complexity index is 78.0. The van der Waals surface area contributed by atoms with Gasteiger partial charge in [-0.05, 0) is 19.3 Å². The number of aliphatic hydroxyl groups is 1. The summed E-state index contributed by atoms with van der Waals surface area (Å²) in [6, 6.07) is 0.265. The highest BCUT2D eigenvalue weighted by atomic mass is 16.3. The zero-order valence-electron chi connectivity index (χ0n) is 6.59. The number of hydrogen-bond acceptors (Lipinski definition) is 3. The van der Waals surface area contributed by atoms with Gasteiger partial charge in [0.1, 0.15) is 0 Å². The Kier molecular flexibility index (Phi) is 5.58. The smallest absolute Gasteiger partial charge is 0.0445 e. The van der Waals surface area contributed by atoms with Gasteiger partial charge in [-0.2, -0.15) is 0 Å². The second-order valence-corrected chi connectivity index (χ2v) is 2.68. The molecular formula is C7H18N2O. The molecule has 0 aromatic carbocycles. The van der Waals surface area contributed by atoms with Gasteiger partial charge in [-0.15, -0.1) is 0 Å². The highest BCUT2D eigenvalue weighted by Crippen LogP contribution is 1.99. The minimum absolute atomic E-state index is 0.0694. The molecule has 0 fully saturated rings. The minimum Gasteiger partial charge on any atom is -0.396 e. The molecule has 3 nitrogen and oxygen atoms in total. The summed E-state index contributed by atoms with van der Waals surface area (Å²) < 4.78 is 0. The summed E-state index contributed by atoms with van der Waals surface area (Å²) in [5.41, 5.74) is 11.3. The van der Waals surface area contributed by atoms with Crippen LogP contribution in [0.1, 0.15) is 26.2 Å². The lowest BCUT2D eigenvalue weighted by Gasteiger charge is -2.14. The van der Waals surface area contributed by atoms with Crippen molar-refractivity contribution in [3.63, 3.8) is 0 Å². The minimum atomic E-state index is 0.0694. The molecule has 0 spiro atoms. The highest BCUT2D eigenvalue weighted by Gasteiger charge is 2.06. The Morgan fingerprint density at radius 3 is 2.30 bits per heavy atom.